The molecule has 4 atom stereocenters. The van der Waals surface area contributed by atoms with Crippen molar-refractivity contribution in [3.8, 4) is 12.1 Å². The van der Waals surface area contributed by atoms with E-state index < -0.39 is 12.3 Å². The maximum Gasteiger partial charge on any atom is 0.175 e. The number of rotatable bonds is 3. The van der Waals surface area contributed by atoms with Gasteiger partial charge in [-0.3, -0.25) is 0 Å². The predicted molar refractivity (Wildman–Crippen MR) is 188 cm³/mol. The molecule has 2 fully saturated rings. The fourth-order valence-corrected chi connectivity index (χ4v) is 7.01. The highest BCUT2D eigenvalue weighted by Crippen LogP contribution is 2.40. The maximum absolute atomic E-state index is 14.2. The van der Waals surface area contributed by atoms with Crippen LogP contribution in [0.1, 0.15) is 47.2 Å². The van der Waals surface area contributed by atoms with Crippen molar-refractivity contribution in [1.29, 1.82) is 10.5 Å². The molecule has 4 aromatic heterocycles. The number of halogens is 7. The van der Waals surface area contributed by atoms with E-state index in [0.29, 0.717) is 51.9 Å². The van der Waals surface area contributed by atoms with Crippen molar-refractivity contribution in [3.05, 3.63) is 121 Å². The Labute approximate surface area is 310 Å². The summed E-state index contributed by atoms with van der Waals surface area (Å²) in [5.41, 5.74) is 3.16. The largest absolute Gasteiger partial charge is 0.346 e. The summed E-state index contributed by atoms with van der Waals surface area (Å²) < 4.78 is 58.3. The summed E-state index contributed by atoms with van der Waals surface area (Å²) >= 11 is 12.4. The Morgan fingerprint density at radius 1 is 0.784 bits per heavy atom. The molecule has 6 heterocycles. The second-order valence-electron chi connectivity index (χ2n) is 11.5. The first-order valence-corrected chi connectivity index (χ1v) is 17.3. The first kappa shape index (κ1) is 36.2. The predicted octanol–water partition coefficient (Wildman–Crippen LogP) is 8.01. The highest BCUT2D eigenvalue weighted by Gasteiger charge is 2.35. The van der Waals surface area contributed by atoms with Gasteiger partial charge < -0.3 is 10.2 Å². The smallest absolute Gasteiger partial charge is 0.175 e. The van der Waals surface area contributed by atoms with Crippen LogP contribution in [0, 0.1) is 34.3 Å². The Morgan fingerprint density at radius 2 is 1.37 bits per heavy atom. The third-order valence-corrected chi connectivity index (χ3v) is 9.86. The maximum atomic E-state index is 14.2. The zero-order valence-corrected chi connectivity index (χ0v) is 30.2. The first-order chi connectivity index (χ1) is 24.5. The number of nitrogens with zero attached hydrogens (tertiary/aromatic N) is 9. The molecule has 0 unspecified atom stereocenters. The topological polar surface area (TPSA) is 123 Å². The minimum atomic E-state index is -1.04. The Balaban J connectivity index is 0.000000145. The van der Waals surface area contributed by atoms with E-state index in [9.17, 15) is 17.6 Å². The zero-order chi connectivity index (χ0) is 36.2. The van der Waals surface area contributed by atoms with Gasteiger partial charge in [-0.05, 0) is 66.1 Å². The molecular formula is C34H25Br2ClF4N10. The van der Waals surface area contributed by atoms with E-state index in [0.717, 1.165) is 14.5 Å². The van der Waals surface area contributed by atoms with E-state index in [1.165, 1.54) is 45.7 Å². The molecule has 0 aliphatic carbocycles. The third kappa shape index (κ3) is 8.15. The highest BCUT2D eigenvalue weighted by molar-refractivity contribution is 9.10. The molecular weight excluding hydrogens is 820 g/mol. The van der Waals surface area contributed by atoms with Crippen molar-refractivity contribution in [2.45, 2.75) is 37.3 Å². The second kappa shape index (κ2) is 15.7. The lowest BCUT2D eigenvalue weighted by molar-refractivity contribution is 0.355. The molecule has 51 heavy (non-hydrogen) atoms. The summed E-state index contributed by atoms with van der Waals surface area (Å²) in [5, 5.41) is 29.1. The summed E-state index contributed by atoms with van der Waals surface area (Å²) in [7, 11) is 0. The van der Waals surface area contributed by atoms with Gasteiger partial charge in [0.25, 0.3) is 0 Å². The van der Waals surface area contributed by atoms with Crippen molar-refractivity contribution in [2.24, 2.45) is 0 Å². The molecule has 0 saturated carbocycles. The van der Waals surface area contributed by atoms with Crippen LogP contribution in [0.2, 0.25) is 5.15 Å². The van der Waals surface area contributed by atoms with E-state index in [4.69, 9.17) is 22.1 Å². The molecule has 10 nitrogen and oxygen atoms in total. The molecule has 2 aliphatic heterocycles. The lowest BCUT2D eigenvalue weighted by Gasteiger charge is -2.26. The van der Waals surface area contributed by atoms with Gasteiger partial charge in [0, 0.05) is 40.3 Å². The highest BCUT2D eigenvalue weighted by atomic mass is 79.9. The minimum Gasteiger partial charge on any atom is -0.346 e. The van der Waals surface area contributed by atoms with Gasteiger partial charge >= 0.3 is 0 Å². The molecule has 1 N–H and O–H groups in total. The van der Waals surface area contributed by atoms with Crippen molar-refractivity contribution in [3.63, 3.8) is 0 Å². The summed E-state index contributed by atoms with van der Waals surface area (Å²) in [4.78, 5) is 10.2. The quantitative estimate of drug-likeness (QED) is 0.141. The van der Waals surface area contributed by atoms with Crippen LogP contribution in [0.5, 0.6) is 0 Å². The Morgan fingerprint density at radius 3 is 1.98 bits per heavy atom. The van der Waals surface area contributed by atoms with Crippen LogP contribution in [0.3, 0.4) is 0 Å². The normalized spacial score (nSPS) is 19.6. The van der Waals surface area contributed by atoms with Gasteiger partial charge in [0.15, 0.2) is 11.3 Å². The lowest BCUT2D eigenvalue weighted by atomic mass is 10.0. The van der Waals surface area contributed by atoms with Gasteiger partial charge in [0.1, 0.15) is 58.2 Å². The fraction of sp³-hybridized carbons (Fsp3) is 0.235. The van der Waals surface area contributed by atoms with Gasteiger partial charge in [0.2, 0.25) is 0 Å². The lowest BCUT2D eigenvalue weighted by Crippen LogP contribution is -2.25. The second-order valence-corrected chi connectivity index (χ2v) is 13.6. The van der Waals surface area contributed by atoms with E-state index in [1.807, 2.05) is 12.1 Å². The van der Waals surface area contributed by atoms with Crippen LogP contribution in [-0.4, -0.2) is 54.6 Å². The average Bonchev–Trinajstić information content (AvgIpc) is 3.92. The van der Waals surface area contributed by atoms with E-state index >= 15 is 0 Å². The van der Waals surface area contributed by atoms with Gasteiger partial charge in [-0.25, -0.2) is 36.6 Å². The van der Waals surface area contributed by atoms with Gasteiger partial charge in [-0.2, -0.15) is 20.7 Å². The fourth-order valence-electron chi connectivity index (χ4n) is 5.84. The number of hydrogen-bond donors (Lipinski definition) is 1. The van der Waals surface area contributed by atoms with Crippen molar-refractivity contribution in [1.82, 2.24) is 34.5 Å². The van der Waals surface area contributed by atoms with E-state index in [2.05, 4.69) is 57.3 Å². The van der Waals surface area contributed by atoms with Gasteiger partial charge in [0.05, 0.1) is 25.0 Å². The van der Waals surface area contributed by atoms with Crippen LogP contribution < -0.4 is 10.2 Å². The Bertz CT molecular complexity index is 2290. The number of anilines is 1. The summed E-state index contributed by atoms with van der Waals surface area (Å²) in [5.74, 6) is -0.121. The van der Waals surface area contributed by atoms with Crippen LogP contribution >= 0.6 is 43.5 Å². The number of aromatic nitrogens is 6. The summed E-state index contributed by atoms with van der Waals surface area (Å²) in [6, 6.07) is 15.8. The first-order valence-electron chi connectivity index (χ1n) is 15.4. The molecule has 17 heteroatoms. The molecule has 0 bridgehead atoms. The number of hydrogen-bond acceptors (Lipinski definition) is 8. The molecule has 0 amide bonds. The SMILES string of the molecule is Fc1ccc(Br)c([C@H]2C[C@H](F)CN2)c1.N#Cc1cnn2ccc(Cl)nc12.N#Cc1cnn2ccc(N3C[C@@H](F)C[C@@H]3c3cc(F)ccc3Br)nc12. The molecule has 2 saturated heterocycles. The molecule has 2 aromatic carbocycles. The average molecular weight is 845 g/mol. The summed E-state index contributed by atoms with van der Waals surface area (Å²) in [6.45, 7) is 0.514. The van der Waals surface area contributed by atoms with Crippen LogP contribution in [0.15, 0.2) is 82.3 Å². The monoisotopic (exact) mass is 842 g/mol. The standard InChI is InChI=1S/C17H12BrF2N5.C10H10BrF2N.C7H3ClN4/c18-14-2-1-11(19)5-13(14)15-6-12(20)9-24(15)16-3-4-25-17(23-16)10(7-21)8-22-25;11-9-2-1-6(12)3-8(9)10-4-7(13)5-14-10;8-6-1-2-12-7(11-6)5(3-9)4-10-12/h1-5,8,12,15H,6,9H2;1-3,7,10,14H,4-5H2;1-2,4H/t12-,15+;7-,10+;/m00./s1. The minimum absolute atomic E-state index is 0.0740. The molecule has 0 spiro atoms. The molecule has 260 valence electrons. The number of nitriles is 2. The van der Waals surface area contributed by atoms with Crippen molar-refractivity contribution >= 4 is 60.6 Å². The summed E-state index contributed by atoms with van der Waals surface area (Å²) in [6.07, 6.45) is 5.04. The van der Waals surface area contributed by atoms with Gasteiger partial charge in [-0.15, -0.1) is 0 Å². The number of alkyl halides is 2. The van der Waals surface area contributed by atoms with Crippen LogP contribution in [-0.2, 0) is 0 Å². The van der Waals surface area contributed by atoms with Crippen LogP contribution in [0.4, 0.5) is 23.4 Å². The molecule has 8 rings (SSSR count). The number of nitrogens with one attached hydrogen (secondary N) is 1. The van der Waals surface area contributed by atoms with E-state index in [-0.39, 0.29) is 36.7 Å². The van der Waals surface area contributed by atoms with Gasteiger partial charge in [-0.1, -0.05) is 43.5 Å². The van der Waals surface area contributed by atoms with Crippen molar-refractivity contribution < 1.29 is 17.6 Å². The van der Waals surface area contributed by atoms with Crippen molar-refractivity contribution in [2.75, 3.05) is 18.0 Å². The molecule has 0 radical (unpaired) electrons. The molecule has 2 aliphatic rings. The number of benzene rings is 2. The third-order valence-electron chi connectivity index (χ3n) is 8.20. The molecule has 6 aromatic rings. The zero-order valence-electron chi connectivity index (χ0n) is 26.2. The van der Waals surface area contributed by atoms with E-state index in [1.54, 1.807) is 41.6 Å². The van der Waals surface area contributed by atoms with Crippen LogP contribution in [0.25, 0.3) is 11.3 Å². The Kier molecular flexibility index (Phi) is 11.2. The Hall–Kier alpha value is -4.61. The number of fused-ring (bicyclic) bond motifs is 2.